The summed E-state index contributed by atoms with van der Waals surface area (Å²) in [5.74, 6) is 1.19. The Balaban J connectivity index is 1.88. The van der Waals surface area contributed by atoms with Crippen LogP contribution in [0, 0.1) is 5.92 Å². The molecular formula is C19H25N3O2. The van der Waals surface area contributed by atoms with Crippen LogP contribution in [0.25, 0.3) is 0 Å². The zero-order chi connectivity index (χ0) is 17.4. The molecule has 24 heavy (non-hydrogen) atoms. The van der Waals surface area contributed by atoms with E-state index in [1.807, 2.05) is 24.3 Å². The number of methoxy groups -OCH3 is 1. The molecule has 5 nitrogen and oxygen atoms in total. The first-order chi connectivity index (χ1) is 11.6. The number of nitrogens with zero attached hydrogens (tertiary/aromatic N) is 1. The van der Waals surface area contributed by atoms with Crippen LogP contribution in [0.1, 0.15) is 29.8 Å². The highest BCUT2D eigenvalue weighted by Crippen LogP contribution is 2.14. The summed E-state index contributed by atoms with van der Waals surface area (Å²) in [5.41, 5.74) is 2.61. The van der Waals surface area contributed by atoms with E-state index in [0.29, 0.717) is 18.0 Å². The van der Waals surface area contributed by atoms with Crippen LogP contribution >= 0.6 is 0 Å². The molecule has 5 heteroatoms. The number of hydrogen-bond donors (Lipinski definition) is 2. The van der Waals surface area contributed by atoms with Crippen LogP contribution in [0.4, 0.5) is 5.69 Å². The number of aromatic nitrogens is 1. The van der Waals surface area contributed by atoms with Gasteiger partial charge in [0.25, 0.3) is 5.91 Å². The fourth-order valence-electron chi connectivity index (χ4n) is 2.24. The summed E-state index contributed by atoms with van der Waals surface area (Å²) in [6.45, 7) is 5.54. The highest BCUT2D eigenvalue weighted by atomic mass is 16.5. The molecule has 0 aliphatic rings. The molecule has 0 atom stereocenters. The normalized spacial score (nSPS) is 10.5. The predicted octanol–water partition coefficient (Wildman–Crippen LogP) is 3.13. The molecule has 1 amide bonds. The number of amides is 1. The summed E-state index contributed by atoms with van der Waals surface area (Å²) in [7, 11) is 1.67. The molecular weight excluding hydrogens is 302 g/mol. The van der Waals surface area contributed by atoms with Gasteiger partial charge in [0.1, 0.15) is 5.75 Å². The minimum absolute atomic E-state index is 0.0901. The summed E-state index contributed by atoms with van der Waals surface area (Å²) >= 11 is 0. The lowest BCUT2D eigenvalue weighted by atomic mass is 10.1. The van der Waals surface area contributed by atoms with Gasteiger partial charge in [0.2, 0.25) is 0 Å². The highest BCUT2D eigenvalue weighted by Gasteiger charge is 2.07. The van der Waals surface area contributed by atoms with E-state index in [1.165, 1.54) is 5.56 Å². The maximum Gasteiger partial charge on any atom is 0.252 e. The Morgan fingerprint density at radius 3 is 2.83 bits per heavy atom. The Morgan fingerprint density at radius 1 is 1.25 bits per heavy atom. The summed E-state index contributed by atoms with van der Waals surface area (Å²) in [5, 5.41) is 6.21. The molecule has 0 unspecified atom stereocenters. The van der Waals surface area contributed by atoms with E-state index in [4.69, 9.17) is 4.74 Å². The first-order valence-corrected chi connectivity index (χ1v) is 8.18. The number of ether oxygens (including phenoxy) is 1. The third kappa shape index (κ3) is 5.57. The number of benzene rings is 1. The van der Waals surface area contributed by atoms with Crippen molar-refractivity contribution >= 4 is 11.6 Å². The van der Waals surface area contributed by atoms with Gasteiger partial charge < -0.3 is 15.4 Å². The van der Waals surface area contributed by atoms with E-state index in [0.717, 1.165) is 24.4 Å². The van der Waals surface area contributed by atoms with Crippen LogP contribution in [-0.2, 0) is 6.42 Å². The Kier molecular flexibility index (Phi) is 6.61. The van der Waals surface area contributed by atoms with E-state index in [-0.39, 0.29) is 5.91 Å². The van der Waals surface area contributed by atoms with Gasteiger partial charge in [0, 0.05) is 25.5 Å². The first kappa shape index (κ1) is 17.8. The average molecular weight is 327 g/mol. The van der Waals surface area contributed by atoms with Gasteiger partial charge in [-0.05, 0) is 36.1 Å². The summed E-state index contributed by atoms with van der Waals surface area (Å²) in [4.78, 5) is 16.2. The average Bonchev–Trinajstić information content (AvgIpc) is 2.60. The van der Waals surface area contributed by atoms with E-state index >= 15 is 0 Å². The molecule has 0 radical (unpaired) electrons. The zero-order valence-electron chi connectivity index (χ0n) is 14.5. The standard InChI is InChI=1S/C19H25N3O2/c1-14(2)11-22-19(23)16-10-17(13-20-12-16)21-8-7-15-5-4-6-18(9-15)24-3/h4-6,9-10,12-14,21H,7-8,11H2,1-3H3,(H,22,23). The van der Waals surface area contributed by atoms with Crippen molar-refractivity contribution < 1.29 is 9.53 Å². The Labute approximate surface area is 143 Å². The van der Waals surface area contributed by atoms with Gasteiger partial charge in [-0.3, -0.25) is 9.78 Å². The lowest BCUT2D eigenvalue weighted by Crippen LogP contribution is -2.27. The number of anilines is 1. The van der Waals surface area contributed by atoms with Crippen molar-refractivity contribution in [1.29, 1.82) is 0 Å². The molecule has 1 aromatic heterocycles. The Morgan fingerprint density at radius 2 is 2.08 bits per heavy atom. The molecule has 2 rings (SSSR count). The predicted molar refractivity (Wildman–Crippen MR) is 96.6 cm³/mol. The van der Waals surface area contributed by atoms with E-state index in [9.17, 15) is 4.79 Å². The quantitative estimate of drug-likeness (QED) is 0.782. The third-order valence-electron chi connectivity index (χ3n) is 3.55. The lowest BCUT2D eigenvalue weighted by Gasteiger charge is -2.10. The lowest BCUT2D eigenvalue weighted by molar-refractivity contribution is 0.0948. The van der Waals surface area contributed by atoms with Gasteiger partial charge in [0.15, 0.2) is 0 Å². The van der Waals surface area contributed by atoms with Crippen molar-refractivity contribution in [2.45, 2.75) is 20.3 Å². The molecule has 0 spiro atoms. The van der Waals surface area contributed by atoms with Crippen LogP contribution in [0.5, 0.6) is 5.75 Å². The molecule has 1 aromatic carbocycles. The second kappa shape index (κ2) is 8.91. The van der Waals surface area contributed by atoms with Crippen LogP contribution < -0.4 is 15.4 Å². The molecule has 128 valence electrons. The fourth-order valence-corrected chi connectivity index (χ4v) is 2.24. The van der Waals surface area contributed by atoms with Crippen molar-refractivity contribution in [2.75, 3.05) is 25.5 Å². The second-order valence-electron chi connectivity index (χ2n) is 6.09. The largest absolute Gasteiger partial charge is 0.497 e. The molecule has 2 aromatic rings. The SMILES string of the molecule is COc1cccc(CCNc2cncc(C(=O)NCC(C)C)c2)c1. The molecule has 0 aliphatic heterocycles. The van der Waals surface area contributed by atoms with E-state index < -0.39 is 0 Å². The Bertz CT molecular complexity index is 671. The van der Waals surface area contributed by atoms with Crippen molar-refractivity contribution in [3.63, 3.8) is 0 Å². The van der Waals surface area contributed by atoms with Gasteiger partial charge in [0.05, 0.1) is 18.4 Å². The minimum Gasteiger partial charge on any atom is -0.497 e. The number of nitrogens with one attached hydrogen (secondary N) is 2. The molecule has 0 saturated heterocycles. The van der Waals surface area contributed by atoms with Gasteiger partial charge in [-0.2, -0.15) is 0 Å². The highest BCUT2D eigenvalue weighted by molar-refractivity contribution is 5.94. The number of rotatable bonds is 8. The molecule has 0 aliphatic carbocycles. The third-order valence-corrected chi connectivity index (χ3v) is 3.55. The number of pyridine rings is 1. The smallest absolute Gasteiger partial charge is 0.252 e. The topological polar surface area (TPSA) is 63.2 Å². The molecule has 0 fully saturated rings. The summed E-state index contributed by atoms with van der Waals surface area (Å²) < 4.78 is 5.23. The maximum absolute atomic E-state index is 12.1. The van der Waals surface area contributed by atoms with Crippen LogP contribution in [-0.4, -0.2) is 31.1 Å². The van der Waals surface area contributed by atoms with Crippen molar-refractivity contribution in [3.05, 3.63) is 53.9 Å². The minimum atomic E-state index is -0.0901. The molecule has 0 saturated carbocycles. The van der Waals surface area contributed by atoms with Gasteiger partial charge >= 0.3 is 0 Å². The van der Waals surface area contributed by atoms with Gasteiger partial charge in [-0.15, -0.1) is 0 Å². The van der Waals surface area contributed by atoms with Crippen molar-refractivity contribution in [2.24, 2.45) is 5.92 Å². The maximum atomic E-state index is 12.1. The number of hydrogen-bond acceptors (Lipinski definition) is 4. The summed E-state index contributed by atoms with van der Waals surface area (Å²) in [6, 6.07) is 9.83. The molecule has 2 N–H and O–H groups in total. The zero-order valence-corrected chi connectivity index (χ0v) is 14.5. The Hall–Kier alpha value is -2.56. The van der Waals surface area contributed by atoms with Gasteiger partial charge in [-0.1, -0.05) is 26.0 Å². The molecule has 0 bridgehead atoms. The monoisotopic (exact) mass is 327 g/mol. The van der Waals surface area contributed by atoms with Crippen molar-refractivity contribution in [3.8, 4) is 5.75 Å². The van der Waals surface area contributed by atoms with Crippen LogP contribution in [0.3, 0.4) is 0 Å². The van der Waals surface area contributed by atoms with Crippen LogP contribution in [0.15, 0.2) is 42.7 Å². The van der Waals surface area contributed by atoms with Crippen LogP contribution in [0.2, 0.25) is 0 Å². The van der Waals surface area contributed by atoms with Crippen molar-refractivity contribution in [1.82, 2.24) is 10.3 Å². The first-order valence-electron chi connectivity index (χ1n) is 8.18. The second-order valence-corrected chi connectivity index (χ2v) is 6.09. The molecule has 1 heterocycles. The van der Waals surface area contributed by atoms with Gasteiger partial charge in [-0.25, -0.2) is 0 Å². The van der Waals surface area contributed by atoms with E-state index in [1.54, 1.807) is 19.5 Å². The number of carbonyl (C=O) groups is 1. The number of carbonyl (C=O) groups excluding carboxylic acids is 1. The fraction of sp³-hybridized carbons (Fsp3) is 0.368. The van der Waals surface area contributed by atoms with E-state index in [2.05, 4.69) is 35.5 Å². The summed E-state index contributed by atoms with van der Waals surface area (Å²) in [6.07, 6.45) is 4.18.